The number of hydrogen-bond acceptors (Lipinski definition) is 0. The molecule has 0 saturated heterocycles. The summed E-state index contributed by atoms with van der Waals surface area (Å²) in [6, 6.07) is 63.2. The van der Waals surface area contributed by atoms with E-state index in [2.05, 4.69) is 184 Å². The van der Waals surface area contributed by atoms with E-state index in [1.54, 1.807) is 0 Å². The van der Waals surface area contributed by atoms with Crippen LogP contribution in [-0.2, 0) is 5.41 Å². The zero-order chi connectivity index (χ0) is 32.7. The standard InChI is InChI=1S/C49H34/c1-49(2)45-26-25-37(29-43(45)44-28-35-13-5-6-14-36(35)30-46(44)49)32-19-22-33(23-20-32)47-39-15-7-9-17-41(39)48(42-18-10-8-16-40(42)47)38-24-21-31-11-3-4-12-34(31)27-38/h3-30H,1-2H3. The summed E-state index contributed by atoms with van der Waals surface area (Å²) in [5.74, 6) is 0. The van der Waals surface area contributed by atoms with Crippen LogP contribution in [0.5, 0.6) is 0 Å². The molecule has 0 nitrogen and oxygen atoms in total. The van der Waals surface area contributed by atoms with E-state index in [-0.39, 0.29) is 5.41 Å². The zero-order valence-electron chi connectivity index (χ0n) is 27.7. The maximum absolute atomic E-state index is 2.41. The molecule has 0 N–H and O–H groups in total. The Kier molecular flexibility index (Phi) is 6.02. The molecule has 0 heteroatoms. The van der Waals surface area contributed by atoms with Crippen LogP contribution >= 0.6 is 0 Å². The van der Waals surface area contributed by atoms with Crippen LogP contribution in [0.4, 0.5) is 0 Å². The Labute approximate surface area is 286 Å². The van der Waals surface area contributed by atoms with Crippen LogP contribution in [0.15, 0.2) is 170 Å². The Morgan fingerprint density at radius 3 is 1.39 bits per heavy atom. The third kappa shape index (κ3) is 4.24. The molecule has 0 unspecified atom stereocenters. The highest BCUT2D eigenvalue weighted by Crippen LogP contribution is 2.51. The van der Waals surface area contributed by atoms with E-state index < -0.39 is 0 Å². The lowest BCUT2D eigenvalue weighted by Crippen LogP contribution is -2.14. The van der Waals surface area contributed by atoms with Gasteiger partial charge < -0.3 is 0 Å². The first-order valence-corrected chi connectivity index (χ1v) is 17.3. The molecule has 9 aromatic carbocycles. The van der Waals surface area contributed by atoms with Crippen molar-refractivity contribution in [2.45, 2.75) is 19.3 Å². The summed E-state index contributed by atoms with van der Waals surface area (Å²) in [5, 5.41) is 10.3. The number of benzene rings is 9. The molecule has 0 heterocycles. The number of fused-ring (bicyclic) bond motifs is 7. The van der Waals surface area contributed by atoms with E-state index in [9.17, 15) is 0 Å². The van der Waals surface area contributed by atoms with Gasteiger partial charge in [-0.15, -0.1) is 0 Å². The minimum Gasteiger partial charge on any atom is -0.0616 e. The predicted molar refractivity (Wildman–Crippen MR) is 210 cm³/mol. The van der Waals surface area contributed by atoms with Gasteiger partial charge in [0, 0.05) is 5.41 Å². The van der Waals surface area contributed by atoms with Crippen molar-refractivity contribution in [2.75, 3.05) is 0 Å². The Morgan fingerprint density at radius 1 is 0.306 bits per heavy atom. The molecule has 1 aliphatic rings. The van der Waals surface area contributed by atoms with E-state index >= 15 is 0 Å². The molecular weight excluding hydrogens is 589 g/mol. The summed E-state index contributed by atoms with van der Waals surface area (Å²) >= 11 is 0. The van der Waals surface area contributed by atoms with Gasteiger partial charge in [0.05, 0.1) is 0 Å². The van der Waals surface area contributed by atoms with Gasteiger partial charge in [0.15, 0.2) is 0 Å². The van der Waals surface area contributed by atoms with Crippen molar-refractivity contribution in [1.29, 1.82) is 0 Å². The molecule has 0 saturated carbocycles. The monoisotopic (exact) mass is 622 g/mol. The average Bonchev–Trinajstić information content (AvgIpc) is 3.37. The Bertz CT molecular complexity index is 2720. The largest absolute Gasteiger partial charge is 0.0616 e. The van der Waals surface area contributed by atoms with E-state index in [4.69, 9.17) is 0 Å². The molecule has 0 fully saturated rings. The summed E-state index contributed by atoms with van der Waals surface area (Å²) in [7, 11) is 0. The summed E-state index contributed by atoms with van der Waals surface area (Å²) in [6.07, 6.45) is 0. The van der Waals surface area contributed by atoms with Crippen LogP contribution in [0.1, 0.15) is 25.0 Å². The van der Waals surface area contributed by atoms with Gasteiger partial charge in [0.2, 0.25) is 0 Å². The second-order valence-corrected chi connectivity index (χ2v) is 14.1. The smallest absolute Gasteiger partial charge is 0.0159 e. The van der Waals surface area contributed by atoms with E-state index in [1.165, 1.54) is 98.7 Å². The summed E-state index contributed by atoms with van der Waals surface area (Å²) in [6.45, 7) is 4.72. The Balaban J connectivity index is 1.11. The van der Waals surface area contributed by atoms with Crippen molar-refractivity contribution in [3.05, 3.63) is 181 Å². The van der Waals surface area contributed by atoms with Gasteiger partial charge in [0.1, 0.15) is 0 Å². The highest BCUT2D eigenvalue weighted by Gasteiger charge is 2.35. The van der Waals surface area contributed by atoms with Crippen LogP contribution in [0.3, 0.4) is 0 Å². The SMILES string of the molecule is CC1(C)c2ccc(-c3ccc(-c4c5ccccc5c(-c5ccc6ccccc6c5)c5ccccc45)cc3)cc2-c2cc3ccccc3cc21. The average molecular weight is 623 g/mol. The minimum atomic E-state index is -0.0296. The molecule has 49 heavy (non-hydrogen) atoms. The van der Waals surface area contributed by atoms with Crippen molar-refractivity contribution in [2.24, 2.45) is 0 Å². The Hall–Kier alpha value is -5.98. The third-order valence-corrected chi connectivity index (χ3v) is 11.0. The molecule has 1 aliphatic carbocycles. The molecule has 0 spiro atoms. The summed E-state index contributed by atoms with van der Waals surface area (Å²) in [4.78, 5) is 0. The highest BCUT2D eigenvalue weighted by molar-refractivity contribution is 6.21. The molecule has 9 aromatic rings. The van der Waals surface area contributed by atoms with Gasteiger partial charge in [-0.1, -0.05) is 159 Å². The molecule has 0 amide bonds. The van der Waals surface area contributed by atoms with Gasteiger partial charge >= 0.3 is 0 Å². The van der Waals surface area contributed by atoms with Gasteiger partial charge in [-0.3, -0.25) is 0 Å². The van der Waals surface area contributed by atoms with Crippen LogP contribution in [0, 0.1) is 0 Å². The lowest BCUT2D eigenvalue weighted by Gasteiger charge is -2.22. The van der Waals surface area contributed by atoms with Gasteiger partial charge in [-0.05, 0) is 123 Å². The normalized spacial score (nSPS) is 13.3. The minimum absolute atomic E-state index is 0.0296. The fourth-order valence-corrected chi connectivity index (χ4v) is 8.54. The van der Waals surface area contributed by atoms with Crippen LogP contribution in [0.2, 0.25) is 0 Å². The van der Waals surface area contributed by atoms with E-state index in [0.717, 1.165) is 0 Å². The van der Waals surface area contributed by atoms with Gasteiger partial charge in [0.25, 0.3) is 0 Å². The lowest BCUT2D eigenvalue weighted by molar-refractivity contribution is 0.661. The molecular formula is C49H34. The summed E-state index contributed by atoms with van der Waals surface area (Å²) < 4.78 is 0. The molecule has 0 bridgehead atoms. The second-order valence-electron chi connectivity index (χ2n) is 14.1. The summed E-state index contributed by atoms with van der Waals surface area (Å²) in [5.41, 5.74) is 13.1. The van der Waals surface area contributed by atoms with E-state index in [0.29, 0.717) is 0 Å². The van der Waals surface area contributed by atoms with Gasteiger partial charge in [-0.25, -0.2) is 0 Å². The highest BCUT2D eigenvalue weighted by atomic mass is 14.4. The topological polar surface area (TPSA) is 0 Å². The molecule has 0 aliphatic heterocycles. The zero-order valence-corrected chi connectivity index (χ0v) is 27.7. The molecule has 0 radical (unpaired) electrons. The van der Waals surface area contributed by atoms with Crippen LogP contribution < -0.4 is 0 Å². The van der Waals surface area contributed by atoms with Crippen LogP contribution in [-0.4, -0.2) is 0 Å². The molecule has 0 aromatic heterocycles. The van der Waals surface area contributed by atoms with Crippen molar-refractivity contribution >= 4 is 43.1 Å². The molecule has 0 atom stereocenters. The number of rotatable bonds is 3. The predicted octanol–water partition coefficient (Wildman–Crippen LogP) is 13.6. The van der Waals surface area contributed by atoms with Crippen molar-refractivity contribution < 1.29 is 0 Å². The second kappa shape index (κ2) is 10.5. The fraction of sp³-hybridized carbons (Fsp3) is 0.0612. The lowest BCUT2D eigenvalue weighted by atomic mass is 9.81. The Morgan fingerprint density at radius 2 is 0.755 bits per heavy atom. The molecule has 230 valence electrons. The molecule has 10 rings (SSSR count). The first kappa shape index (κ1) is 28.1. The van der Waals surface area contributed by atoms with Crippen LogP contribution in [0.25, 0.3) is 87.6 Å². The van der Waals surface area contributed by atoms with Crippen molar-refractivity contribution in [3.63, 3.8) is 0 Å². The van der Waals surface area contributed by atoms with Crippen molar-refractivity contribution in [3.8, 4) is 44.5 Å². The maximum Gasteiger partial charge on any atom is 0.0159 e. The first-order chi connectivity index (χ1) is 24.0. The van der Waals surface area contributed by atoms with Gasteiger partial charge in [-0.2, -0.15) is 0 Å². The van der Waals surface area contributed by atoms with E-state index in [1.807, 2.05) is 0 Å². The third-order valence-electron chi connectivity index (χ3n) is 11.0. The number of hydrogen-bond donors (Lipinski definition) is 0. The quantitative estimate of drug-likeness (QED) is 0.172. The first-order valence-electron chi connectivity index (χ1n) is 17.3. The fourth-order valence-electron chi connectivity index (χ4n) is 8.54. The maximum atomic E-state index is 2.41. The van der Waals surface area contributed by atoms with Crippen molar-refractivity contribution in [1.82, 2.24) is 0 Å².